The van der Waals surface area contributed by atoms with Crippen LogP contribution >= 0.6 is 11.3 Å². The van der Waals surface area contributed by atoms with Gasteiger partial charge in [0.2, 0.25) is 0 Å². The third-order valence-corrected chi connectivity index (χ3v) is 5.38. The summed E-state index contributed by atoms with van der Waals surface area (Å²) in [6, 6.07) is 2.08. The second-order valence-electron chi connectivity index (χ2n) is 5.56. The number of hydrogen-bond acceptors (Lipinski definition) is 4. The summed E-state index contributed by atoms with van der Waals surface area (Å²) >= 11 is 1.66. The number of fused-ring (bicyclic) bond motifs is 1. The van der Waals surface area contributed by atoms with Gasteiger partial charge in [-0.15, -0.1) is 11.3 Å². The van der Waals surface area contributed by atoms with Gasteiger partial charge in [-0.3, -0.25) is 9.78 Å². The lowest BCUT2D eigenvalue weighted by molar-refractivity contribution is 0.0995. The van der Waals surface area contributed by atoms with Crippen molar-refractivity contribution in [3.8, 4) is 5.75 Å². The van der Waals surface area contributed by atoms with Gasteiger partial charge in [-0.2, -0.15) is 0 Å². The van der Waals surface area contributed by atoms with Crippen molar-refractivity contribution in [2.75, 3.05) is 7.11 Å². The van der Waals surface area contributed by atoms with E-state index in [2.05, 4.69) is 11.1 Å². The Labute approximate surface area is 129 Å². The highest BCUT2D eigenvalue weighted by atomic mass is 32.1. The quantitative estimate of drug-likeness (QED) is 0.809. The van der Waals surface area contributed by atoms with Crippen molar-refractivity contribution in [1.29, 1.82) is 0 Å². The molecule has 0 saturated carbocycles. The molecule has 0 aliphatic heterocycles. The number of aryl methyl sites for hydroxylation is 3. The largest absolute Gasteiger partial charge is 0.496 e. The summed E-state index contributed by atoms with van der Waals surface area (Å²) in [5, 5.41) is 0. The van der Waals surface area contributed by atoms with Crippen LogP contribution in [-0.4, -0.2) is 17.9 Å². The number of carbonyl (C=O) groups excluding carboxylic acids is 1. The summed E-state index contributed by atoms with van der Waals surface area (Å²) < 4.78 is 5.40. The van der Waals surface area contributed by atoms with Crippen molar-refractivity contribution in [2.45, 2.75) is 39.5 Å². The molecule has 0 fully saturated rings. The molecule has 110 valence electrons. The summed E-state index contributed by atoms with van der Waals surface area (Å²) in [5.41, 5.74) is 4.15. The molecule has 0 spiro atoms. The van der Waals surface area contributed by atoms with Crippen LogP contribution in [0.5, 0.6) is 5.75 Å². The number of ketones is 1. The van der Waals surface area contributed by atoms with Gasteiger partial charge in [0.1, 0.15) is 5.75 Å². The van der Waals surface area contributed by atoms with Crippen molar-refractivity contribution in [3.05, 3.63) is 44.4 Å². The fourth-order valence-corrected chi connectivity index (χ4v) is 4.15. The number of carbonyl (C=O) groups is 1. The molecule has 4 heteroatoms. The summed E-state index contributed by atoms with van der Waals surface area (Å²) in [5.74, 6) is 0.998. The Hall–Kier alpha value is -1.68. The maximum Gasteiger partial charge on any atom is 0.178 e. The molecule has 0 amide bonds. The summed E-state index contributed by atoms with van der Waals surface area (Å²) in [6.07, 6.45) is 5.60. The molecule has 0 saturated heterocycles. The van der Waals surface area contributed by atoms with Gasteiger partial charge in [-0.1, -0.05) is 0 Å². The topological polar surface area (TPSA) is 39.2 Å². The molecular weight excluding hydrogens is 282 g/mol. The van der Waals surface area contributed by atoms with E-state index in [0.717, 1.165) is 40.3 Å². The number of rotatable bonds is 4. The summed E-state index contributed by atoms with van der Waals surface area (Å²) in [7, 11) is 1.66. The van der Waals surface area contributed by atoms with Crippen molar-refractivity contribution in [2.24, 2.45) is 0 Å². The second kappa shape index (κ2) is 5.60. The smallest absolute Gasteiger partial charge is 0.178 e. The van der Waals surface area contributed by atoms with Crippen LogP contribution in [0.4, 0.5) is 0 Å². The highest BCUT2D eigenvalue weighted by Gasteiger charge is 2.20. The zero-order valence-electron chi connectivity index (χ0n) is 12.7. The zero-order chi connectivity index (χ0) is 15.0. The van der Waals surface area contributed by atoms with Gasteiger partial charge in [-0.05, 0) is 44.7 Å². The second-order valence-corrected chi connectivity index (χ2v) is 6.70. The number of hydrogen-bond donors (Lipinski definition) is 0. The van der Waals surface area contributed by atoms with E-state index in [-0.39, 0.29) is 5.78 Å². The number of nitrogens with zero attached hydrogens (tertiary/aromatic N) is 1. The molecular formula is C17H19NO2S. The van der Waals surface area contributed by atoms with E-state index in [0.29, 0.717) is 6.42 Å². The molecule has 0 atom stereocenters. The lowest BCUT2D eigenvalue weighted by atomic mass is 10.1. The third kappa shape index (κ3) is 2.60. The Bertz CT molecular complexity index is 682. The lowest BCUT2D eigenvalue weighted by Gasteiger charge is -2.11. The van der Waals surface area contributed by atoms with Crippen molar-refractivity contribution >= 4 is 17.1 Å². The normalized spacial score (nSPS) is 13.3. The van der Waals surface area contributed by atoms with Crippen molar-refractivity contribution in [1.82, 2.24) is 4.98 Å². The van der Waals surface area contributed by atoms with Crippen molar-refractivity contribution < 1.29 is 9.53 Å². The Balaban J connectivity index is 1.84. The Morgan fingerprint density at radius 1 is 1.38 bits per heavy atom. The Morgan fingerprint density at radius 2 is 2.19 bits per heavy atom. The van der Waals surface area contributed by atoms with E-state index in [9.17, 15) is 4.79 Å². The highest BCUT2D eigenvalue weighted by molar-refractivity contribution is 7.14. The van der Waals surface area contributed by atoms with Gasteiger partial charge in [0.05, 0.1) is 24.1 Å². The first-order chi connectivity index (χ1) is 10.1. The van der Waals surface area contributed by atoms with Crippen LogP contribution in [0.1, 0.15) is 43.4 Å². The summed E-state index contributed by atoms with van der Waals surface area (Å²) in [6.45, 7) is 3.93. The minimum Gasteiger partial charge on any atom is -0.496 e. The number of pyridine rings is 1. The molecule has 0 N–H and O–H groups in total. The van der Waals surface area contributed by atoms with Crippen LogP contribution in [0.25, 0.3) is 0 Å². The predicted octanol–water partition coefficient (Wildman–Crippen LogP) is 3.68. The standard InChI is InChI=1S/C17H19NO2S/c1-10-9-18-13(11(2)17(10)20-3)8-14(19)16-7-12-5-4-6-15(12)21-16/h7,9H,4-6,8H2,1-3H3. The molecule has 0 bridgehead atoms. The molecule has 2 aromatic rings. The molecule has 1 aliphatic rings. The van der Waals surface area contributed by atoms with Gasteiger partial charge < -0.3 is 4.74 Å². The molecule has 3 nitrogen and oxygen atoms in total. The molecule has 0 unspecified atom stereocenters. The van der Waals surface area contributed by atoms with Gasteiger partial charge in [0.15, 0.2) is 5.78 Å². The number of thiophene rings is 1. The van der Waals surface area contributed by atoms with E-state index < -0.39 is 0 Å². The molecule has 2 aromatic heterocycles. The van der Waals surface area contributed by atoms with E-state index in [1.165, 1.54) is 16.9 Å². The number of Topliss-reactive ketones (excluding diaryl/α,β-unsaturated/α-hetero) is 1. The van der Waals surface area contributed by atoms with Crippen LogP contribution in [0, 0.1) is 13.8 Å². The van der Waals surface area contributed by atoms with Crippen molar-refractivity contribution in [3.63, 3.8) is 0 Å². The SMILES string of the molecule is COc1c(C)cnc(CC(=O)c2cc3c(s2)CCC3)c1C. The first kappa shape index (κ1) is 14.3. The van der Waals surface area contributed by atoms with Gasteiger partial charge in [0.25, 0.3) is 0 Å². The lowest BCUT2D eigenvalue weighted by Crippen LogP contribution is -2.07. The molecule has 1 aliphatic carbocycles. The van der Waals surface area contributed by atoms with Crippen LogP contribution in [-0.2, 0) is 19.3 Å². The van der Waals surface area contributed by atoms with Gasteiger partial charge in [-0.25, -0.2) is 0 Å². The fourth-order valence-electron chi connectivity index (χ4n) is 2.95. The van der Waals surface area contributed by atoms with E-state index in [1.54, 1.807) is 24.6 Å². The monoisotopic (exact) mass is 301 g/mol. The van der Waals surface area contributed by atoms with Crippen LogP contribution < -0.4 is 4.74 Å². The molecule has 21 heavy (non-hydrogen) atoms. The Morgan fingerprint density at radius 3 is 2.90 bits per heavy atom. The van der Waals surface area contributed by atoms with E-state index in [1.807, 2.05) is 13.8 Å². The maximum absolute atomic E-state index is 12.5. The predicted molar refractivity (Wildman–Crippen MR) is 84.6 cm³/mol. The minimum absolute atomic E-state index is 0.163. The summed E-state index contributed by atoms with van der Waals surface area (Å²) in [4.78, 5) is 19.2. The number of methoxy groups -OCH3 is 1. The molecule has 0 radical (unpaired) electrons. The van der Waals surface area contributed by atoms with Gasteiger partial charge in [0, 0.05) is 22.2 Å². The maximum atomic E-state index is 12.5. The molecule has 2 heterocycles. The highest BCUT2D eigenvalue weighted by Crippen LogP contribution is 2.32. The number of ether oxygens (including phenoxy) is 1. The van der Waals surface area contributed by atoms with E-state index in [4.69, 9.17) is 4.74 Å². The van der Waals surface area contributed by atoms with E-state index >= 15 is 0 Å². The fraction of sp³-hybridized carbons (Fsp3) is 0.412. The van der Waals surface area contributed by atoms with Crippen LogP contribution in [0.2, 0.25) is 0 Å². The van der Waals surface area contributed by atoms with Gasteiger partial charge >= 0.3 is 0 Å². The zero-order valence-corrected chi connectivity index (χ0v) is 13.5. The molecule has 3 rings (SSSR count). The minimum atomic E-state index is 0.163. The number of aromatic nitrogens is 1. The van der Waals surface area contributed by atoms with Crippen LogP contribution in [0.15, 0.2) is 12.3 Å². The first-order valence-electron chi connectivity index (χ1n) is 7.24. The molecule has 0 aromatic carbocycles. The average Bonchev–Trinajstić information content (AvgIpc) is 3.03. The first-order valence-corrected chi connectivity index (χ1v) is 8.05. The Kier molecular flexibility index (Phi) is 3.81. The van der Waals surface area contributed by atoms with Crippen LogP contribution in [0.3, 0.4) is 0 Å². The average molecular weight is 301 g/mol. The third-order valence-electron chi connectivity index (χ3n) is 4.10.